The van der Waals surface area contributed by atoms with Crippen molar-refractivity contribution in [3.05, 3.63) is 0 Å². The maximum Gasteiger partial charge on any atom is 0.335 e. The Morgan fingerprint density at radius 2 is 1.33 bits per heavy atom. The Hall–Kier alpha value is 0.254. The molecule has 0 aromatic carbocycles. The van der Waals surface area contributed by atoms with Crippen molar-refractivity contribution >= 4 is 29.9 Å². The van der Waals surface area contributed by atoms with Crippen LogP contribution in [-0.4, -0.2) is 28.1 Å². The molecule has 0 aliphatic rings. The van der Waals surface area contributed by atoms with Crippen molar-refractivity contribution in [3.8, 4) is 0 Å². The van der Waals surface area contributed by atoms with E-state index in [0.717, 1.165) is 5.71 Å². The van der Waals surface area contributed by atoms with E-state index in [4.69, 9.17) is 8.43 Å². The van der Waals surface area contributed by atoms with E-state index in [1.807, 2.05) is 60.1 Å². The van der Waals surface area contributed by atoms with Gasteiger partial charge in [-0.25, -0.2) is 0 Å². The van der Waals surface area contributed by atoms with E-state index < -0.39 is 30.0 Å². The van der Waals surface area contributed by atoms with Gasteiger partial charge in [-0.2, -0.15) is 0 Å². The fraction of sp³-hybridized carbons (Fsp3) is 0.909. The molecule has 0 N–H and O–H groups in total. The molecule has 0 saturated carbocycles. The number of hydrogen-bond acceptors (Lipinski definition) is 4. The molecule has 0 amide bonds. The fourth-order valence-corrected chi connectivity index (χ4v) is 9.56. The highest BCUT2D eigenvalue weighted by atomic mass is 31.2. The van der Waals surface area contributed by atoms with E-state index in [0.29, 0.717) is 0 Å². The number of hydrogen-bond donors (Lipinski definition) is 0. The number of aliphatic imine (C=N–C) groups is 1. The summed E-state index contributed by atoms with van der Waals surface area (Å²) in [6.45, 7) is 17.7. The molecule has 18 heavy (non-hydrogen) atoms. The van der Waals surface area contributed by atoms with Crippen molar-refractivity contribution in [1.29, 1.82) is 0 Å². The van der Waals surface area contributed by atoms with Crippen molar-refractivity contribution in [2.75, 3.05) is 0 Å². The van der Waals surface area contributed by atoms with Crippen molar-refractivity contribution in [3.63, 3.8) is 0 Å². The average molecular weight is 309 g/mol. The highest BCUT2D eigenvalue weighted by molar-refractivity contribution is 7.57. The molecule has 0 aliphatic carbocycles. The molecule has 7 heteroatoms. The van der Waals surface area contributed by atoms with E-state index in [1.54, 1.807) is 0 Å². The van der Waals surface area contributed by atoms with Gasteiger partial charge in [-0.15, -0.1) is 0 Å². The third-order valence-electron chi connectivity index (χ3n) is 1.70. The van der Waals surface area contributed by atoms with Gasteiger partial charge >= 0.3 is 7.60 Å². The van der Waals surface area contributed by atoms with Crippen molar-refractivity contribution in [2.24, 2.45) is 4.99 Å². The highest BCUT2D eigenvalue weighted by Gasteiger charge is 2.41. The molecule has 0 rings (SSSR count). The van der Waals surface area contributed by atoms with Crippen LogP contribution in [0.2, 0.25) is 39.3 Å². The van der Waals surface area contributed by atoms with E-state index in [2.05, 4.69) is 4.99 Å². The Morgan fingerprint density at radius 3 is 1.56 bits per heavy atom. The van der Waals surface area contributed by atoms with Gasteiger partial charge in [-0.05, 0) is 60.1 Å². The van der Waals surface area contributed by atoms with Crippen LogP contribution in [-0.2, 0) is 13.0 Å². The first-order chi connectivity index (χ1) is 7.75. The second-order valence-electron chi connectivity index (χ2n) is 6.66. The van der Waals surface area contributed by atoms with Crippen molar-refractivity contribution in [1.82, 2.24) is 0 Å². The van der Waals surface area contributed by atoms with Crippen LogP contribution in [0.3, 0.4) is 0 Å². The molecule has 0 radical (unpaired) electrons. The molecule has 0 heterocycles. The van der Waals surface area contributed by atoms with Crippen LogP contribution in [0.25, 0.3) is 0 Å². The fourth-order valence-electron chi connectivity index (χ4n) is 1.38. The average Bonchev–Trinajstić information content (AvgIpc) is 1.93. The molecule has 0 aliphatic heterocycles. The summed E-state index contributed by atoms with van der Waals surface area (Å²) in [5.74, 6) is -0.430. The van der Waals surface area contributed by atoms with Gasteiger partial charge in [-0.3, -0.25) is 9.56 Å². The van der Waals surface area contributed by atoms with Gasteiger partial charge in [0.2, 0.25) is 0 Å². The van der Waals surface area contributed by atoms with Crippen LogP contribution in [0.5, 0.6) is 0 Å². The molecule has 0 bridgehead atoms. The highest BCUT2D eigenvalue weighted by Crippen LogP contribution is 2.57. The molecule has 4 nitrogen and oxygen atoms in total. The monoisotopic (exact) mass is 309 g/mol. The van der Waals surface area contributed by atoms with Crippen LogP contribution in [0.1, 0.15) is 20.8 Å². The standard InChI is InChI=1S/C11H28NO3PSi2/c1-10(2)12-11(3)16(13,14-17(4,5)6)15-18(7,8)9/h11H,1-9H3. The van der Waals surface area contributed by atoms with Crippen molar-refractivity contribution < 1.29 is 13.0 Å². The molecule has 0 spiro atoms. The smallest absolute Gasteiger partial charge is 0.335 e. The molecular formula is C11H28NO3PSi2. The SMILES string of the molecule is CC(C)=NC(C)P(=O)(O[Si](C)(C)C)O[Si](C)(C)C. The predicted molar refractivity (Wildman–Crippen MR) is 84.7 cm³/mol. The first-order valence-corrected chi connectivity index (χ1v) is 14.7. The van der Waals surface area contributed by atoms with Crippen LogP contribution in [0, 0.1) is 0 Å². The minimum Gasteiger partial charge on any atom is -0.350 e. The van der Waals surface area contributed by atoms with E-state index in [1.165, 1.54) is 0 Å². The lowest BCUT2D eigenvalue weighted by Crippen LogP contribution is -2.32. The van der Waals surface area contributed by atoms with Crippen molar-refractivity contribution in [2.45, 2.75) is 65.8 Å². The van der Waals surface area contributed by atoms with Gasteiger partial charge in [0, 0.05) is 5.71 Å². The maximum atomic E-state index is 13.0. The zero-order valence-corrected chi connectivity index (χ0v) is 16.1. The van der Waals surface area contributed by atoms with Gasteiger partial charge in [0.1, 0.15) is 5.78 Å². The lowest BCUT2D eigenvalue weighted by Gasteiger charge is -2.33. The first-order valence-electron chi connectivity index (χ1n) is 6.27. The largest absolute Gasteiger partial charge is 0.350 e. The van der Waals surface area contributed by atoms with Crippen LogP contribution < -0.4 is 0 Å². The van der Waals surface area contributed by atoms with Crippen LogP contribution in [0.4, 0.5) is 0 Å². The van der Waals surface area contributed by atoms with E-state index >= 15 is 0 Å². The minimum absolute atomic E-state index is 0.430. The van der Waals surface area contributed by atoms with Crippen LogP contribution in [0.15, 0.2) is 4.99 Å². The molecule has 108 valence electrons. The summed E-state index contributed by atoms with van der Waals surface area (Å²) >= 11 is 0. The molecule has 0 aromatic rings. The summed E-state index contributed by atoms with van der Waals surface area (Å²) < 4.78 is 24.7. The summed E-state index contributed by atoms with van der Waals surface area (Å²) in [4.78, 5) is 4.37. The zero-order chi connectivity index (χ0) is 14.8. The minimum atomic E-state index is -3.17. The van der Waals surface area contributed by atoms with Gasteiger partial charge in [-0.1, -0.05) is 0 Å². The Morgan fingerprint density at radius 1 is 1.00 bits per heavy atom. The van der Waals surface area contributed by atoms with Gasteiger partial charge in [0.05, 0.1) is 0 Å². The zero-order valence-electron chi connectivity index (χ0n) is 13.2. The lowest BCUT2D eigenvalue weighted by atomic mass is 10.5. The summed E-state index contributed by atoms with van der Waals surface area (Å²) in [6, 6.07) is 0. The molecule has 0 saturated heterocycles. The molecular weight excluding hydrogens is 281 g/mol. The topological polar surface area (TPSA) is 47.9 Å². The first kappa shape index (κ1) is 18.3. The van der Waals surface area contributed by atoms with Gasteiger partial charge in [0.25, 0.3) is 0 Å². The number of nitrogens with zero attached hydrogens (tertiary/aromatic N) is 1. The summed E-state index contributed by atoms with van der Waals surface area (Å²) in [6.07, 6.45) is 0. The number of rotatable bonds is 6. The van der Waals surface area contributed by atoms with Crippen LogP contribution >= 0.6 is 7.60 Å². The Kier molecular flexibility index (Phi) is 6.22. The summed E-state index contributed by atoms with van der Waals surface area (Å²) in [5, 5.41) is 0. The van der Waals surface area contributed by atoms with E-state index in [9.17, 15) is 4.57 Å². The molecule has 0 aromatic heterocycles. The third-order valence-corrected chi connectivity index (χ3v) is 9.15. The lowest BCUT2D eigenvalue weighted by molar-refractivity contribution is 0.372. The summed E-state index contributed by atoms with van der Waals surface area (Å²) in [7, 11) is -7.05. The third kappa shape index (κ3) is 7.64. The molecule has 1 unspecified atom stereocenters. The van der Waals surface area contributed by atoms with Gasteiger partial charge in [0.15, 0.2) is 16.6 Å². The second-order valence-corrected chi connectivity index (χ2v) is 18.4. The normalized spacial score (nSPS) is 15.4. The molecule has 1 atom stereocenters. The molecule has 0 fully saturated rings. The summed E-state index contributed by atoms with van der Waals surface area (Å²) in [5.41, 5.74) is 0.890. The van der Waals surface area contributed by atoms with Gasteiger partial charge < -0.3 is 8.43 Å². The maximum absolute atomic E-state index is 13.0. The predicted octanol–water partition coefficient (Wildman–Crippen LogP) is 4.71. The quantitative estimate of drug-likeness (QED) is 0.405. The Balaban J connectivity index is 5.29. The second kappa shape index (κ2) is 6.14. The Bertz CT molecular complexity index is 334. The Labute approximate surface area is 114 Å². The van der Waals surface area contributed by atoms with E-state index in [-0.39, 0.29) is 0 Å².